The minimum atomic E-state index is -4.41. The third-order valence-corrected chi connectivity index (χ3v) is 7.74. The zero-order chi connectivity index (χ0) is 24.8. The third kappa shape index (κ3) is 5.12. The first kappa shape index (κ1) is 26.6. The van der Waals surface area contributed by atoms with Crippen LogP contribution in [0.3, 0.4) is 0 Å². The van der Waals surface area contributed by atoms with Gasteiger partial charge in [0.1, 0.15) is 0 Å². The normalized spacial score (nSPS) is 14.2. The molecule has 2 aromatic rings. The summed E-state index contributed by atoms with van der Waals surface area (Å²) in [7, 11) is -4.41. The Hall–Kier alpha value is -1.65. The first-order valence-electron chi connectivity index (χ1n) is 11.7. The van der Waals surface area contributed by atoms with Gasteiger partial charge in [0, 0.05) is 5.92 Å². The van der Waals surface area contributed by atoms with Gasteiger partial charge in [-0.25, -0.2) is 0 Å². The number of allylic oxidation sites excluding steroid dienone is 1. The average molecular weight is 459 g/mol. The highest BCUT2D eigenvalue weighted by Gasteiger charge is 2.32. The molecule has 0 aliphatic heterocycles. The van der Waals surface area contributed by atoms with Gasteiger partial charge >= 0.3 is 0 Å². The van der Waals surface area contributed by atoms with Crippen molar-refractivity contribution in [2.45, 2.75) is 104 Å². The molecule has 4 heteroatoms. The fourth-order valence-electron chi connectivity index (χ4n) is 4.68. The van der Waals surface area contributed by atoms with Gasteiger partial charge in [-0.05, 0) is 75.6 Å². The van der Waals surface area contributed by atoms with Crippen molar-refractivity contribution in [1.29, 1.82) is 0 Å². The van der Waals surface area contributed by atoms with Gasteiger partial charge in [-0.1, -0.05) is 86.6 Å². The molecule has 0 aliphatic rings. The smallest absolute Gasteiger partial charge is 0.282 e. The number of rotatable bonds is 7. The Labute approximate surface area is 196 Å². The average Bonchev–Trinajstić information content (AvgIpc) is 2.63. The molecule has 0 aliphatic carbocycles. The van der Waals surface area contributed by atoms with E-state index in [2.05, 4.69) is 60.3 Å². The molecule has 1 unspecified atom stereocenters. The molecule has 0 amide bonds. The van der Waals surface area contributed by atoms with Crippen LogP contribution in [0.4, 0.5) is 0 Å². The molecule has 0 heterocycles. The number of fused-ring (bicyclic) bond motifs is 1. The fraction of sp³-hybridized carbons (Fsp3) is 0.571. The second kappa shape index (κ2) is 8.95. The molecule has 0 saturated carbocycles. The highest BCUT2D eigenvalue weighted by Crippen LogP contribution is 2.44. The minimum Gasteiger partial charge on any atom is -0.282 e. The van der Waals surface area contributed by atoms with E-state index >= 15 is 0 Å². The van der Waals surface area contributed by atoms with Crippen molar-refractivity contribution in [3.8, 4) is 0 Å². The van der Waals surface area contributed by atoms with Crippen LogP contribution in [-0.4, -0.2) is 13.0 Å². The van der Waals surface area contributed by atoms with Crippen LogP contribution in [0, 0.1) is 5.92 Å². The first-order valence-corrected chi connectivity index (χ1v) is 13.1. The molecule has 0 aromatic heterocycles. The summed E-state index contributed by atoms with van der Waals surface area (Å²) in [5.41, 5.74) is 4.59. The lowest BCUT2D eigenvalue weighted by atomic mass is 9.72. The summed E-state index contributed by atoms with van der Waals surface area (Å²) in [5.74, 6) is 0.394. The van der Waals surface area contributed by atoms with Crippen LogP contribution in [-0.2, 0) is 27.4 Å². The molecule has 178 valence electrons. The zero-order valence-electron chi connectivity index (χ0n) is 21.7. The van der Waals surface area contributed by atoms with Crippen molar-refractivity contribution in [2.75, 3.05) is 0 Å². The summed E-state index contributed by atoms with van der Waals surface area (Å²) in [6.07, 6.45) is 1.70. The molecule has 0 saturated heterocycles. The van der Waals surface area contributed by atoms with Crippen molar-refractivity contribution in [2.24, 2.45) is 5.92 Å². The predicted molar refractivity (Wildman–Crippen MR) is 138 cm³/mol. The van der Waals surface area contributed by atoms with Gasteiger partial charge in [-0.2, -0.15) is 8.42 Å². The van der Waals surface area contributed by atoms with E-state index in [0.29, 0.717) is 5.92 Å². The van der Waals surface area contributed by atoms with Crippen LogP contribution in [0.1, 0.15) is 104 Å². The van der Waals surface area contributed by atoms with Crippen LogP contribution in [0.15, 0.2) is 35.2 Å². The van der Waals surface area contributed by atoms with Crippen LogP contribution in [0.2, 0.25) is 0 Å². The summed E-state index contributed by atoms with van der Waals surface area (Å²) in [6, 6.07) is 6.11. The SMILES string of the molecule is C=C(C)C(C)c1c(C(C)(C)CC)ccc2c(CC(C)C)c(C(C)(C)C)c(S(=O)(=O)O)cc12. The molecule has 0 bridgehead atoms. The van der Waals surface area contributed by atoms with Gasteiger partial charge in [-0.15, -0.1) is 0 Å². The van der Waals surface area contributed by atoms with E-state index in [1.807, 2.05) is 27.7 Å². The maximum atomic E-state index is 12.7. The zero-order valence-corrected chi connectivity index (χ0v) is 22.5. The Morgan fingerprint density at radius 3 is 2.03 bits per heavy atom. The van der Waals surface area contributed by atoms with Gasteiger partial charge in [-0.3, -0.25) is 4.55 Å². The van der Waals surface area contributed by atoms with E-state index in [9.17, 15) is 13.0 Å². The maximum absolute atomic E-state index is 12.7. The van der Waals surface area contributed by atoms with Crippen LogP contribution in [0.5, 0.6) is 0 Å². The fourth-order valence-corrected chi connectivity index (χ4v) is 5.64. The summed E-state index contributed by atoms with van der Waals surface area (Å²) >= 11 is 0. The molecule has 2 aromatic carbocycles. The largest absolute Gasteiger partial charge is 0.294 e. The molecule has 0 fully saturated rings. The predicted octanol–water partition coefficient (Wildman–Crippen LogP) is 7.95. The van der Waals surface area contributed by atoms with Crippen LogP contribution >= 0.6 is 0 Å². The minimum absolute atomic E-state index is 0.0368. The summed E-state index contributed by atoms with van der Waals surface area (Å²) < 4.78 is 35.7. The highest BCUT2D eigenvalue weighted by molar-refractivity contribution is 7.85. The highest BCUT2D eigenvalue weighted by atomic mass is 32.2. The van der Waals surface area contributed by atoms with Crippen LogP contribution < -0.4 is 0 Å². The van der Waals surface area contributed by atoms with Crippen molar-refractivity contribution < 1.29 is 13.0 Å². The lowest BCUT2D eigenvalue weighted by molar-refractivity contribution is 0.474. The molecular formula is C28H42O3S. The molecule has 1 N–H and O–H groups in total. The Morgan fingerprint density at radius 2 is 1.62 bits per heavy atom. The van der Waals surface area contributed by atoms with E-state index < -0.39 is 15.5 Å². The van der Waals surface area contributed by atoms with E-state index in [4.69, 9.17) is 0 Å². The summed E-state index contributed by atoms with van der Waals surface area (Å²) in [6.45, 7) is 25.3. The molecule has 1 atom stereocenters. The van der Waals surface area contributed by atoms with Crippen molar-refractivity contribution in [1.82, 2.24) is 0 Å². The Morgan fingerprint density at radius 1 is 1.06 bits per heavy atom. The van der Waals surface area contributed by atoms with Gasteiger partial charge in [0.2, 0.25) is 0 Å². The van der Waals surface area contributed by atoms with Crippen molar-refractivity contribution in [3.63, 3.8) is 0 Å². The topological polar surface area (TPSA) is 54.4 Å². The van der Waals surface area contributed by atoms with Crippen molar-refractivity contribution in [3.05, 3.63) is 52.6 Å². The third-order valence-electron chi connectivity index (χ3n) is 6.86. The molecular weight excluding hydrogens is 416 g/mol. The quantitative estimate of drug-likeness (QED) is 0.338. The first-order chi connectivity index (χ1) is 14.4. The van der Waals surface area contributed by atoms with E-state index in [-0.39, 0.29) is 16.2 Å². The molecule has 0 radical (unpaired) electrons. The van der Waals surface area contributed by atoms with E-state index in [1.54, 1.807) is 6.07 Å². The Kier molecular flexibility index (Phi) is 7.44. The summed E-state index contributed by atoms with van der Waals surface area (Å²) in [4.78, 5) is 0.0368. The summed E-state index contributed by atoms with van der Waals surface area (Å²) in [5, 5.41) is 1.99. The van der Waals surface area contributed by atoms with Gasteiger partial charge in [0.15, 0.2) is 0 Å². The van der Waals surface area contributed by atoms with Gasteiger partial charge in [0.25, 0.3) is 10.1 Å². The lowest BCUT2D eigenvalue weighted by Crippen LogP contribution is -2.22. The monoisotopic (exact) mass is 458 g/mol. The molecule has 0 spiro atoms. The lowest BCUT2D eigenvalue weighted by Gasteiger charge is -2.33. The van der Waals surface area contributed by atoms with E-state index in [0.717, 1.165) is 45.9 Å². The standard InChI is InChI=1S/C28H42O3S/c1-12-28(10,11)23-14-13-20-21(25(23)19(6)18(4)5)16-24(32(29,30)31)26(27(7,8)9)22(20)15-17(2)3/h13-14,16-17,19H,4,12,15H2,1-3,5-11H3,(H,29,30,31). The van der Waals surface area contributed by atoms with Gasteiger partial charge < -0.3 is 0 Å². The Bertz CT molecular complexity index is 1130. The Balaban J connectivity index is 3.27. The maximum Gasteiger partial charge on any atom is 0.294 e. The second-order valence-electron chi connectivity index (χ2n) is 11.5. The number of benzene rings is 2. The van der Waals surface area contributed by atoms with Crippen LogP contribution in [0.25, 0.3) is 10.8 Å². The second-order valence-corrected chi connectivity index (χ2v) is 12.9. The number of hydrogen-bond donors (Lipinski definition) is 1. The van der Waals surface area contributed by atoms with Crippen molar-refractivity contribution >= 4 is 20.9 Å². The molecule has 2 rings (SSSR count). The number of hydrogen-bond acceptors (Lipinski definition) is 2. The van der Waals surface area contributed by atoms with Gasteiger partial charge in [0.05, 0.1) is 4.90 Å². The molecule has 32 heavy (non-hydrogen) atoms. The van der Waals surface area contributed by atoms with E-state index in [1.165, 1.54) is 5.56 Å². The molecule has 3 nitrogen and oxygen atoms in total.